The molecule has 4 heteroatoms. The maximum Gasteiger partial charge on any atom is 0.0364 e. The van der Waals surface area contributed by atoms with Gasteiger partial charge in [-0.15, -0.1) is 0 Å². The Morgan fingerprint density at radius 3 is 2.36 bits per heavy atom. The zero-order valence-corrected chi connectivity index (χ0v) is 15.8. The van der Waals surface area contributed by atoms with Gasteiger partial charge in [0.25, 0.3) is 0 Å². The van der Waals surface area contributed by atoms with Crippen LogP contribution in [-0.4, -0.2) is 50.7 Å². The normalized spacial score (nSPS) is 26.8. The monoisotopic (exact) mass is 413 g/mol. The Balaban J connectivity index is 1.46. The highest BCUT2D eigenvalue weighted by atomic mass is 127. The first-order chi connectivity index (χ1) is 10.7. The molecular formula is C18H28IN3. The van der Waals surface area contributed by atoms with Crippen LogP contribution in [0, 0.1) is 9.49 Å². The molecule has 3 nitrogen and oxygen atoms in total. The van der Waals surface area contributed by atoms with Gasteiger partial charge in [0.15, 0.2) is 0 Å². The Kier molecular flexibility index (Phi) is 5.99. The molecule has 122 valence electrons. The first kappa shape index (κ1) is 16.5. The van der Waals surface area contributed by atoms with Gasteiger partial charge >= 0.3 is 0 Å². The average molecular weight is 413 g/mol. The number of rotatable bonds is 4. The van der Waals surface area contributed by atoms with Gasteiger partial charge in [0.1, 0.15) is 0 Å². The SMILES string of the molecule is CN(C[C@H]1CC[C@H](N2CCNCC2)CC1)c1ccc(I)cc1. The molecule has 0 radical (unpaired) electrons. The molecule has 3 rings (SSSR count). The van der Waals surface area contributed by atoms with E-state index in [-0.39, 0.29) is 0 Å². The summed E-state index contributed by atoms with van der Waals surface area (Å²) in [6, 6.07) is 9.74. The van der Waals surface area contributed by atoms with Gasteiger partial charge in [-0.05, 0) is 78.5 Å². The lowest BCUT2D eigenvalue weighted by molar-refractivity contribution is 0.123. The van der Waals surface area contributed by atoms with Crippen LogP contribution in [0.25, 0.3) is 0 Å². The van der Waals surface area contributed by atoms with Gasteiger partial charge in [-0.1, -0.05) is 0 Å². The molecule has 1 aliphatic carbocycles. The van der Waals surface area contributed by atoms with Crippen LogP contribution >= 0.6 is 22.6 Å². The second-order valence-corrected chi connectivity index (χ2v) is 8.06. The lowest BCUT2D eigenvalue weighted by Crippen LogP contribution is -2.49. The van der Waals surface area contributed by atoms with Crippen molar-refractivity contribution in [3.8, 4) is 0 Å². The van der Waals surface area contributed by atoms with Crippen LogP contribution < -0.4 is 10.2 Å². The van der Waals surface area contributed by atoms with Crippen molar-refractivity contribution in [1.29, 1.82) is 0 Å². The molecule has 1 saturated heterocycles. The molecule has 0 unspecified atom stereocenters. The van der Waals surface area contributed by atoms with E-state index in [2.05, 4.69) is 69.0 Å². The van der Waals surface area contributed by atoms with Crippen molar-refractivity contribution in [3.63, 3.8) is 0 Å². The van der Waals surface area contributed by atoms with E-state index in [9.17, 15) is 0 Å². The van der Waals surface area contributed by atoms with E-state index >= 15 is 0 Å². The summed E-state index contributed by atoms with van der Waals surface area (Å²) in [6.45, 7) is 6.05. The van der Waals surface area contributed by atoms with Gasteiger partial charge in [-0.2, -0.15) is 0 Å². The van der Waals surface area contributed by atoms with Crippen LogP contribution in [0.3, 0.4) is 0 Å². The van der Waals surface area contributed by atoms with E-state index in [0.717, 1.165) is 12.0 Å². The van der Waals surface area contributed by atoms with Crippen molar-refractivity contribution in [1.82, 2.24) is 10.2 Å². The quantitative estimate of drug-likeness (QED) is 0.766. The molecule has 0 amide bonds. The first-order valence-corrected chi connectivity index (χ1v) is 9.72. The molecule has 0 spiro atoms. The van der Waals surface area contributed by atoms with Gasteiger partial charge in [-0.3, -0.25) is 4.90 Å². The van der Waals surface area contributed by atoms with E-state index in [4.69, 9.17) is 0 Å². The highest BCUT2D eigenvalue weighted by Gasteiger charge is 2.27. The lowest BCUT2D eigenvalue weighted by Gasteiger charge is -2.40. The third kappa shape index (κ3) is 4.36. The van der Waals surface area contributed by atoms with Gasteiger partial charge < -0.3 is 10.2 Å². The molecule has 22 heavy (non-hydrogen) atoms. The summed E-state index contributed by atoms with van der Waals surface area (Å²) in [6.07, 6.45) is 5.57. The van der Waals surface area contributed by atoms with Crippen molar-refractivity contribution in [2.45, 2.75) is 31.7 Å². The van der Waals surface area contributed by atoms with Crippen LogP contribution in [0.2, 0.25) is 0 Å². The first-order valence-electron chi connectivity index (χ1n) is 8.64. The summed E-state index contributed by atoms with van der Waals surface area (Å²) in [7, 11) is 2.24. The number of hydrogen-bond donors (Lipinski definition) is 1. The van der Waals surface area contributed by atoms with Crippen LogP contribution in [0.5, 0.6) is 0 Å². The van der Waals surface area contributed by atoms with E-state index in [0.29, 0.717) is 0 Å². The summed E-state index contributed by atoms with van der Waals surface area (Å²) in [5, 5.41) is 3.46. The summed E-state index contributed by atoms with van der Waals surface area (Å²) in [5.74, 6) is 0.864. The molecule has 2 fully saturated rings. The van der Waals surface area contributed by atoms with Gasteiger partial charge in [0, 0.05) is 55.1 Å². The minimum absolute atomic E-state index is 0.849. The number of nitrogens with zero attached hydrogens (tertiary/aromatic N) is 2. The molecule has 0 aromatic heterocycles. The summed E-state index contributed by atoms with van der Waals surface area (Å²) in [5.41, 5.74) is 1.35. The number of piperazine rings is 1. The number of nitrogens with one attached hydrogen (secondary N) is 1. The van der Waals surface area contributed by atoms with E-state index in [1.54, 1.807) is 0 Å². The fourth-order valence-electron chi connectivity index (χ4n) is 3.93. The van der Waals surface area contributed by atoms with Gasteiger partial charge in [0.2, 0.25) is 0 Å². The van der Waals surface area contributed by atoms with E-state index < -0.39 is 0 Å². The number of anilines is 1. The number of halogens is 1. The third-order valence-electron chi connectivity index (χ3n) is 5.28. The Morgan fingerprint density at radius 2 is 1.73 bits per heavy atom. The Labute approximate surface area is 148 Å². The molecule has 0 atom stereocenters. The molecule has 1 aliphatic heterocycles. The fraction of sp³-hybridized carbons (Fsp3) is 0.667. The van der Waals surface area contributed by atoms with Crippen molar-refractivity contribution >= 4 is 28.3 Å². The molecule has 2 aliphatic rings. The second kappa shape index (κ2) is 7.97. The zero-order chi connectivity index (χ0) is 15.4. The van der Waals surface area contributed by atoms with E-state index in [1.165, 1.54) is 67.7 Å². The maximum atomic E-state index is 3.46. The van der Waals surface area contributed by atoms with Gasteiger partial charge in [0.05, 0.1) is 0 Å². The molecule has 1 aromatic carbocycles. The van der Waals surface area contributed by atoms with Gasteiger partial charge in [-0.25, -0.2) is 0 Å². The second-order valence-electron chi connectivity index (χ2n) is 6.82. The Morgan fingerprint density at radius 1 is 1.09 bits per heavy atom. The van der Waals surface area contributed by atoms with Crippen molar-refractivity contribution in [3.05, 3.63) is 27.8 Å². The van der Waals surface area contributed by atoms with Crippen molar-refractivity contribution in [2.75, 3.05) is 44.7 Å². The number of benzene rings is 1. The minimum Gasteiger partial charge on any atom is -0.374 e. The largest absolute Gasteiger partial charge is 0.374 e. The molecule has 1 saturated carbocycles. The predicted molar refractivity (Wildman–Crippen MR) is 103 cm³/mol. The molecule has 1 aromatic rings. The molecule has 0 bridgehead atoms. The lowest BCUT2D eigenvalue weighted by atomic mass is 9.84. The molecule has 1 N–H and O–H groups in total. The number of hydrogen-bond acceptors (Lipinski definition) is 3. The van der Waals surface area contributed by atoms with Crippen LogP contribution in [0.1, 0.15) is 25.7 Å². The van der Waals surface area contributed by atoms with Crippen molar-refractivity contribution < 1.29 is 0 Å². The highest BCUT2D eigenvalue weighted by Crippen LogP contribution is 2.29. The zero-order valence-electron chi connectivity index (χ0n) is 13.6. The predicted octanol–water partition coefficient (Wildman–Crippen LogP) is 3.19. The minimum atomic E-state index is 0.849. The summed E-state index contributed by atoms with van der Waals surface area (Å²) >= 11 is 2.37. The molecule has 1 heterocycles. The van der Waals surface area contributed by atoms with Crippen molar-refractivity contribution in [2.24, 2.45) is 5.92 Å². The Hall–Kier alpha value is -0.330. The summed E-state index contributed by atoms with van der Waals surface area (Å²) < 4.78 is 1.31. The maximum absolute atomic E-state index is 3.46. The average Bonchev–Trinajstić information content (AvgIpc) is 2.57. The Bertz CT molecular complexity index is 448. The molecular weight excluding hydrogens is 385 g/mol. The van der Waals surface area contributed by atoms with Crippen LogP contribution in [0.15, 0.2) is 24.3 Å². The fourth-order valence-corrected chi connectivity index (χ4v) is 4.29. The van der Waals surface area contributed by atoms with Crippen LogP contribution in [0.4, 0.5) is 5.69 Å². The van der Waals surface area contributed by atoms with E-state index in [1.807, 2.05) is 0 Å². The standard InChI is InChI=1S/C18H28IN3/c1-21(17-8-4-16(19)5-9-17)14-15-2-6-18(7-3-15)22-12-10-20-11-13-22/h4-5,8-9,15,18,20H,2-3,6-7,10-14H2,1H3/t15-,18-. The highest BCUT2D eigenvalue weighted by molar-refractivity contribution is 14.1. The van der Waals surface area contributed by atoms with Crippen LogP contribution in [-0.2, 0) is 0 Å². The smallest absolute Gasteiger partial charge is 0.0364 e. The topological polar surface area (TPSA) is 18.5 Å². The summed E-state index contributed by atoms with van der Waals surface area (Å²) in [4.78, 5) is 5.15. The third-order valence-corrected chi connectivity index (χ3v) is 6.00.